The number of likely N-dealkylation sites (N-methyl/N-ethyl adjacent to an activating group) is 1. The van der Waals surface area contributed by atoms with E-state index in [2.05, 4.69) is 5.32 Å². The Kier molecular flexibility index (Phi) is 4.93. The van der Waals surface area contributed by atoms with Gasteiger partial charge in [-0.2, -0.15) is 0 Å². The second kappa shape index (κ2) is 6.00. The third-order valence-corrected chi connectivity index (χ3v) is 2.89. The molecule has 1 N–H and O–H groups in total. The van der Waals surface area contributed by atoms with Crippen molar-refractivity contribution >= 4 is 11.8 Å². The van der Waals surface area contributed by atoms with Crippen LogP contribution in [0.3, 0.4) is 0 Å². The number of amides is 2. The first-order chi connectivity index (χ1) is 7.91. The molecule has 1 saturated heterocycles. The Hall–Kier alpha value is -1.10. The SMILES string of the molecule is CC(C)NC(=O)CN1CCCC1C(=O)N(C)C. The van der Waals surface area contributed by atoms with Gasteiger partial charge < -0.3 is 10.2 Å². The third-order valence-electron chi connectivity index (χ3n) is 2.89. The van der Waals surface area contributed by atoms with Gasteiger partial charge in [-0.1, -0.05) is 0 Å². The highest BCUT2D eigenvalue weighted by Gasteiger charge is 2.32. The molecule has 1 fully saturated rings. The summed E-state index contributed by atoms with van der Waals surface area (Å²) < 4.78 is 0. The first-order valence-electron chi connectivity index (χ1n) is 6.16. The van der Waals surface area contributed by atoms with Crippen molar-refractivity contribution in [2.24, 2.45) is 0 Å². The van der Waals surface area contributed by atoms with Gasteiger partial charge in [0, 0.05) is 20.1 Å². The van der Waals surface area contributed by atoms with Crippen LogP contribution in [-0.4, -0.2) is 60.9 Å². The van der Waals surface area contributed by atoms with E-state index in [4.69, 9.17) is 0 Å². The van der Waals surface area contributed by atoms with Crippen molar-refractivity contribution in [1.29, 1.82) is 0 Å². The van der Waals surface area contributed by atoms with Gasteiger partial charge in [0.15, 0.2) is 0 Å². The number of rotatable bonds is 4. The summed E-state index contributed by atoms with van der Waals surface area (Å²) in [6.07, 6.45) is 1.84. The predicted octanol–water partition coefficient (Wildman–Crippen LogP) is 0.0636. The van der Waals surface area contributed by atoms with Gasteiger partial charge in [0.05, 0.1) is 12.6 Å². The first kappa shape index (κ1) is 14.0. The maximum absolute atomic E-state index is 11.9. The van der Waals surface area contributed by atoms with Crippen molar-refractivity contribution in [2.75, 3.05) is 27.2 Å². The molecule has 0 radical (unpaired) electrons. The molecule has 17 heavy (non-hydrogen) atoms. The molecule has 0 aromatic rings. The van der Waals surface area contributed by atoms with Crippen LogP contribution in [0.25, 0.3) is 0 Å². The Morgan fingerprint density at radius 2 is 2.06 bits per heavy atom. The molecule has 5 heteroatoms. The fourth-order valence-electron chi connectivity index (χ4n) is 2.15. The molecule has 0 spiro atoms. The Labute approximate surface area is 103 Å². The van der Waals surface area contributed by atoms with E-state index in [-0.39, 0.29) is 23.9 Å². The molecule has 98 valence electrons. The molecule has 5 nitrogen and oxygen atoms in total. The van der Waals surface area contributed by atoms with E-state index < -0.39 is 0 Å². The van der Waals surface area contributed by atoms with Crippen LogP contribution in [0.2, 0.25) is 0 Å². The van der Waals surface area contributed by atoms with Gasteiger partial charge in [0.25, 0.3) is 0 Å². The number of hydrogen-bond donors (Lipinski definition) is 1. The highest BCUT2D eigenvalue weighted by molar-refractivity contribution is 5.83. The molecule has 0 aromatic heterocycles. The molecule has 0 saturated carbocycles. The third kappa shape index (κ3) is 4.00. The van der Waals surface area contributed by atoms with Crippen LogP contribution in [0, 0.1) is 0 Å². The van der Waals surface area contributed by atoms with Crippen LogP contribution in [0.4, 0.5) is 0 Å². The summed E-state index contributed by atoms with van der Waals surface area (Å²) in [6.45, 7) is 5.02. The van der Waals surface area contributed by atoms with E-state index in [1.54, 1.807) is 19.0 Å². The van der Waals surface area contributed by atoms with Gasteiger partial charge in [0.2, 0.25) is 11.8 Å². The molecule has 0 aliphatic carbocycles. The summed E-state index contributed by atoms with van der Waals surface area (Å²) in [6, 6.07) is 0.0241. The number of nitrogens with one attached hydrogen (secondary N) is 1. The van der Waals surface area contributed by atoms with E-state index in [1.807, 2.05) is 18.7 Å². The lowest BCUT2D eigenvalue weighted by Crippen LogP contribution is -2.47. The van der Waals surface area contributed by atoms with Crippen LogP contribution < -0.4 is 5.32 Å². The van der Waals surface area contributed by atoms with Crippen molar-refractivity contribution in [3.8, 4) is 0 Å². The normalized spacial score (nSPS) is 20.6. The van der Waals surface area contributed by atoms with E-state index in [9.17, 15) is 9.59 Å². The molecule has 1 aliphatic rings. The van der Waals surface area contributed by atoms with Crippen LogP contribution in [0.15, 0.2) is 0 Å². The van der Waals surface area contributed by atoms with Crippen LogP contribution >= 0.6 is 0 Å². The van der Waals surface area contributed by atoms with Crippen molar-refractivity contribution in [1.82, 2.24) is 15.1 Å². The zero-order chi connectivity index (χ0) is 13.0. The molecule has 2 amide bonds. The minimum absolute atomic E-state index is 0.00143. The summed E-state index contributed by atoms with van der Waals surface area (Å²) in [5.41, 5.74) is 0. The lowest BCUT2D eigenvalue weighted by molar-refractivity contribution is -0.134. The summed E-state index contributed by atoms with van der Waals surface area (Å²) in [5, 5.41) is 2.85. The van der Waals surface area contributed by atoms with Crippen LogP contribution in [-0.2, 0) is 9.59 Å². The van der Waals surface area contributed by atoms with Gasteiger partial charge in [-0.25, -0.2) is 0 Å². The summed E-state index contributed by atoms with van der Waals surface area (Å²) >= 11 is 0. The van der Waals surface area contributed by atoms with Crippen molar-refractivity contribution in [3.05, 3.63) is 0 Å². The molecule has 1 atom stereocenters. The lowest BCUT2D eigenvalue weighted by Gasteiger charge is -2.25. The van der Waals surface area contributed by atoms with Gasteiger partial charge in [0.1, 0.15) is 0 Å². The lowest BCUT2D eigenvalue weighted by atomic mass is 10.2. The van der Waals surface area contributed by atoms with Gasteiger partial charge in [-0.3, -0.25) is 14.5 Å². The van der Waals surface area contributed by atoms with E-state index in [0.29, 0.717) is 6.54 Å². The van der Waals surface area contributed by atoms with Crippen molar-refractivity contribution in [2.45, 2.75) is 38.8 Å². The van der Waals surface area contributed by atoms with Crippen LogP contribution in [0.1, 0.15) is 26.7 Å². The second-order valence-electron chi connectivity index (χ2n) is 5.08. The maximum Gasteiger partial charge on any atom is 0.239 e. The van der Waals surface area contributed by atoms with Crippen molar-refractivity contribution in [3.63, 3.8) is 0 Å². The fourth-order valence-corrected chi connectivity index (χ4v) is 2.15. The standard InChI is InChI=1S/C12H23N3O2/c1-9(2)13-11(16)8-15-7-5-6-10(15)12(17)14(3)4/h9-10H,5-8H2,1-4H3,(H,13,16). The molecule has 1 heterocycles. The Morgan fingerprint density at radius 1 is 1.41 bits per heavy atom. The smallest absolute Gasteiger partial charge is 0.239 e. The van der Waals surface area contributed by atoms with Gasteiger partial charge in [-0.15, -0.1) is 0 Å². The van der Waals surface area contributed by atoms with Crippen LogP contribution in [0.5, 0.6) is 0 Å². The molecular weight excluding hydrogens is 218 g/mol. The number of nitrogens with zero attached hydrogens (tertiary/aromatic N) is 2. The number of carbonyl (C=O) groups is 2. The van der Waals surface area contributed by atoms with E-state index >= 15 is 0 Å². The first-order valence-corrected chi connectivity index (χ1v) is 6.16. The highest BCUT2D eigenvalue weighted by atomic mass is 16.2. The quantitative estimate of drug-likeness (QED) is 0.757. The molecular formula is C12H23N3O2. The minimum atomic E-state index is -0.122. The summed E-state index contributed by atoms with van der Waals surface area (Å²) in [7, 11) is 3.51. The average Bonchev–Trinajstić information content (AvgIpc) is 2.62. The predicted molar refractivity (Wildman–Crippen MR) is 66.6 cm³/mol. The largest absolute Gasteiger partial charge is 0.353 e. The average molecular weight is 241 g/mol. The summed E-state index contributed by atoms with van der Waals surface area (Å²) in [4.78, 5) is 27.2. The zero-order valence-corrected chi connectivity index (χ0v) is 11.2. The summed E-state index contributed by atoms with van der Waals surface area (Å²) in [5.74, 6) is 0.0957. The topological polar surface area (TPSA) is 52.7 Å². The molecule has 0 aromatic carbocycles. The minimum Gasteiger partial charge on any atom is -0.353 e. The van der Waals surface area contributed by atoms with Gasteiger partial charge in [-0.05, 0) is 33.2 Å². The molecule has 1 unspecified atom stereocenters. The maximum atomic E-state index is 11.9. The highest BCUT2D eigenvalue weighted by Crippen LogP contribution is 2.18. The number of hydrogen-bond acceptors (Lipinski definition) is 3. The molecule has 1 aliphatic heterocycles. The molecule has 1 rings (SSSR count). The van der Waals surface area contributed by atoms with Gasteiger partial charge >= 0.3 is 0 Å². The van der Waals surface area contributed by atoms with E-state index in [0.717, 1.165) is 19.4 Å². The Balaban J connectivity index is 2.52. The number of likely N-dealkylation sites (tertiary alicyclic amines) is 1. The number of carbonyl (C=O) groups excluding carboxylic acids is 2. The second-order valence-corrected chi connectivity index (χ2v) is 5.08. The monoisotopic (exact) mass is 241 g/mol. The fraction of sp³-hybridized carbons (Fsp3) is 0.833. The zero-order valence-electron chi connectivity index (χ0n) is 11.2. The van der Waals surface area contributed by atoms with Crippen molar-refractivity contribution < 1.29 is 9.59 Å². The Morgan fingerprint density at radius 3 is 2.59 bits per heavy atom. The molecule has 0 bridgehead atoms. The Bertz CT molecular complexity index is 289. The van der Waals surface area contributed by atoms with E-state index in [1.165, 1.54) is 0 Å².